The number of thiophene rings is 1. The number of primary amides is 1. The predicted molar refractivity (Wildman–Crippen MR) is 88.6 cm³/mol. The lowest BCUT2D eigenvalue weighted by atomic mass is 10.2. The monoisotopic (exact) mass is 335 g/mol. The van der Waals surface area contributed by atoms with Gasteiger partial charge in [0.25, 0.3) is 0 Å². The number of amides is 2. The summed E-state index contributed by atoms with van der Waals surface area (Å²) in [6.45, 7) is 0.835. The van der Waals surface area contributed by atoms with Gasteiger partial charge in [0.1, 0.15) is 5.82 Å². The molecule has 2 amide bonds. The second kappa shape index (κ2) is 8.28. The highest BCUT2D eigenvalue weighted by Crippen LogP contribution is 2.15. The SMILES string of the molecule is NC(=O)CCN(CC(=O)NCc1cccs1)c1ccc(F)cc1. The number of anilines is 1. The van der Waals surface area contributed by atoms with E-state index in [4.69, 9.17) is 5.73 Å². The van der Waals surface area contributed by atoms with E-state index in [0.717, 1.165) is 4.88 Å². The Morgan fingerprint density at radius 2 is 1.96 bits per heavy atom. The summed E-state index contributed by atoms with van der Waals surface area (Å²) in [4.78, 5) is 25.8. The normalized spacial score (nSPS) is 10.3. The first-order valence-corrected chi connectivity index (χ1v) is 8.00. The minimum absolute atomic E-state index is 0.0737. The fourth-order valence-corrected chi connectivity index (χ4v) is 2.67. The Morgan fingerprint density at radius 3 is 2.57 bits per heavy atom. The van der Waals surface area contributed by atoms with E-state index in [1.54, 1.807) is 28.4 Å². The van der Waals surface area contributed by atoms with Gasteiger partial charge in [0.2, 0.25) is 11.8 Å². The molecule has 122 valence electrons. The number of nitrogens with one attached hydrogen (secondary N) is 1. The summed E-state index contributed by atoms with van der Waals surface area (Å²) in [5.41, 5.74) is 5.84. The molecule has 1 heterocycles. The summed E-state index contributed by atoms with van der Waals surface area (Å²) in [5, 5.41) is 4.77. The molecule has 0 radical (unpaired) electrons. The van der Waals surface area contributed by atoms with Crippen molar-refractivity contribution in [3.8, 4) is 0 Å². The van der Waals surface area contributed by atoms with Gasteiger partial charge in [0.05, 0.1) is 13.1 Å². The minimum Gasteiger partial charge on any atom is -0.370 e. The number of hydrogen-bond donors (Lipinski definition) is 2. The third-order valence-corrected chi connectivity index (χ3v) is 4.07. The van der Waals surface area contributed by atoms with E-state index in [1.807, 2.05) is 17.5 Å². The average molecular weight is 335 g/mol. The lowest BCUT2D eigenvalue weighted by molar-refractivity contribution is -0.120. The molecule has 3 N–H and O–H groups in total. The highest BCUT2D eigenvalue weighted by Gasteiger charge is 2.13. The summed E-state index contributed by atoms with van der Waals surface area (Å²) in [6.07, 6.45) is 0.121. The molecule has 0 atom stereocenters. The highest BCUT2D eigenvalue weighted by molar-refractivity contribution is 7.09. The molecule has 2 aromatic rings. The fraction of sp³-hybridized carbons (Fsp3) is 0.250. The maximum Gasteiger partial charge on any atom is 0.239 e. The third-order valence-electron chi connectivity index (χ3n) is 3.19. The Bertz CT molecular complexity index is 644. The number of carbonyl (C=O) groups is 2. The standard InChI is InChI=1S/C16H18FN3O2S/c17-12-3-5-13(6-4-12)20(8-7-15(18)21)11-16(22)19-10-14-2-1-9-23-14/h1-6,9H,7-8,10-11H2,(H2,18,21)(H,19,22). The van der Waals surface area contributed by atoms with Crippen molar-refractivity contribution < 1.29 is 14.0 Å². The van der Waals surface area contributed by atoms with Crippen LogP contribution >= 0.6 is 11.3 Å². The lowest BCUT2D eigenvalue weighted by Gasteiger charge is -2.23. The van der Waals surface area contributed by atoms with E-state index in [1.165, 1.54) is 12.1 Å². The maximum absolute atomic E-state index is 13.0. The number of nitrogens with two attached hydrogens (primary N) is 1. The van der Waals surface area contributed by atoms with Gasteiger partial charge in [-0.15, -0.1) is 11.3 Å². The first-order valence-electron chi connectivity index (χ1n) is 7.12. The molecule has 0 bridgehead atoms. The summed E-state index contributed by atoms with van der Waals surface area (Å²) >= 11 is 1.56. The van der Waals surface area contributed by atoms with E-state index in [0.29, 0.717) is 18.8 Å². The van der Waals surface area contributed by atoms with Gasteiger partial charge in [-0.25, -0.2) is 4.39 Å². The van der Waals surface area contributed by atoms with Crippen LogP contribution in [0.1, 0.15) is 11.3 Å². The third kappa shape index (κ3) is 5.71. The predicted octanol–water partition coefficient (Wildman–Crippen LogP) is 1.89. The van der Waals surface area contributed by atoms with Gasteiger partial charge >= 0.3 is 0 Å². The van der Waals surface area contributed by atoms with Gasteiger partial charge in [0, 0.05) is 23.5 Å². The first-order chi connectivity index (χ1) is 11.0. The molecule has 0 saturated carbocycles. The zero-order valence-electron chi connectivity index (χ0n) is 12.5. The zero-order valence-corrected chi connectivity index (χ0v) is 13.3. The molecule has 0 aliphatic rings. The van der Waals surface area contributed by atoms with Gasteiger partial charge < -0.3 is 16.0 Å². The Hall–Kier alpha value is -2.41. The molecule has 1 aromatic heterocycles. The van der Waals surface area contributed by atoms with Crippen molar-refractivity contribution in [2.45, 2.75) is 13.0 Å². The van der Waals surface area contributed by atoms with Crippen LogP contribution in [0.2, 0.25) is 0 Å². The topological polar surface area (TPSA) is 75.4 Å². The molecule has 5 nitrogen and oxygen atoms in total. The van der Waals surface area contributed by atoms with Crippen molar-refractivity contribution in [3.05, 3.63) is 52.5 Å². The molecule has 0 fully saturated rings. The Balaban J connectivity index is 1.96. The number of rotatable bonds is 8. The van der Waals surface area contributed by atoms with Crippen LogP contribution in [-0.2, 0) is 16.1 Å². The zero-order chi connectivity index (χ0) is 16.7. The van der Waals surface area contributed by atoms with Crippen LogP contribution in [0, 0.1) is 5.82 Å². The molecule has 0 spiro atoms. The smallest absolute Gasteiger partial charge is 0.239 e. The fourth-order valence-electron chi connectivity index (χ4n) is 2.02. The molecule has 0 aliphatic carbocycles. The van der Waals surface area contributed by atoms with Crippen LogP contribution in [0.15, 0.2) is 41.8 Å². The number of benzene rings is 1. The molecule has 0 saturated heterocycles. The van der Waals surface area contributed by atoms with Crippen LogP contribution in [0.3, 0.4) is 0 Å². The van der Waals surface area contributed by atoms with Crippen LogP contribution in [0.4, 0.5) is 10.1 Å². The van der Waals surface area contributed by atoms with Gasteiger partial charge in [-0.3, -0.25) is 9.59 Å². The molecule has 0 aliphatic heterocycles. The number of hydrogen-bond acceptors (Lipinski definition) is 4. The van der Waals surface area contributed by atoms with Gasteiger partial charge in [-0.1, -0.05) is 6.07 Å². The molecule has 23 heavy (non-hydrogen) atoms. The number of halogens is 1. The van der Waals surface area contributed by atoms with E-state index in [9.17, 15) is 14.0 Å². The largest absolute Gasteiger partial charge is 0.370 e. The summed E-state index contributed by atoms with van der Waals surface area (Å²) in [5.74, 6) is -0.978. The molecule has 1 aromatic carbocycles. The van der Waals surface area contributed by atoms with Crippen LogP contribution in [0.5, 0.6) is 0 Å². The van der Waals surface area contributed by atoms with Crippen LogP contribution in [-0.4, -0.2) is 24.9 Å². The quantitative estimate of drug-likeness (QED) is 0.773. The molecular formula is C16H18FN3O2S. The van der Waals surface area contributed by atoms with E-state index >= 15 is 0 Å². The van der Waals surface area contributed by atoms with Crippen LogP contribution < -0.4 is 16.0 Å². The second-order valence-corrected chi connectivity index (χ2v) is 6.00. The molecule has 7 heteroatoms. The van der Waals surface area contributed by atoms with Crippen molar-refractivity contribution in [3.63, 3.8) is 0 Å². The van der Waals surface area contributed by atoms with Gasteiger partial charge in [0.15, 0.2) is 0 Å². The van der Waals surface area contributed by atoms with Crippen LogP contribution in [0.25, 0.3) is 0 Å². The van der Waals surface area contributed by atoms with E-state index < -0.39 is 5.91 Å². The van der Waals surface area contributed by atoms with E-state index in [2.05, 4.69) is 5.32 Å². The average Bonchev–Trinajstić information content (AvgIpc) is 3.03. The Kier molecular flexibility index (Phi) is 6.10. The maximum atomic E-state index is 13.0. The highest BCUT2D eigenvalue weighted by atomic mass is 32.1. The van der Waals surface area contributed by atoms with Crippen molar-refractivity contribution in [2.75, 3.05) is 18.0 Å². The lowest BCUT2D eigenvalue weighted by Crippen LogP contribution is -2.38. The molecule has 2 rings (SSSR count). The molecule has 0 unspecified atom stereocenters. The number of nitrogens with zero attached hydrogens (tertiary/aromatic N) is 1. The minimum atomic E-state index is -0.448. The van der Waals surface area contributed by atoms with Crippen molar-refractivity contribution >= 4 is 28.8 Å². The summed E-state index contributed by atoms with van der Waals surface area (Å²) in [7, 11) is 0. The van der Waals surface area contributed by atoms with Crippen molar-refractivity contribution in [1.29, 1.82) is 0 Å². The Morgan fingerprint density at radius 1 is 1.22 bits per heavy atom. The Labute approximate surface area is 137 Å². The molecular weight excluding hydrogens is 317 g/mol. The summed E-state index contributed by atoms with van der Waals surface area (Å²) < 4.78 is 13.0. The first kappa shape index (κ1) is 17.0. The van der Waals surface area contributed by atoms with E-state index in [-0.39, 0.29) is 24.7 Å². The summed E-state index contributed by atoms with van der Waals surface area (Å²) in [6, 6.07) is 9.64. The second-order valence-electron chi connectivity index (χ2n) is 4.97. The number of carbonyl (C=O) groups excluding carboxylic acids is 2. The van der Waals surface area contributed by atoms with Gasteiger partial charge in [-0.05, 0) is 35.7 Å². The van der Waals surface area contributed by atoms with Crippen molar-refractivity contribution in [2.24, 2.45) is 5.73 Å². The van der Waals surface area contributed by atoms with Gasteiger partial charge in [-0.2, -0.15) is 0 Å². The van der Waals surface area contributed by atoms with Crippen molar-refractivity contribution in [1.82, 2.24) is 5.32 Å².